The van der Waals surface area contributed by atoms with Crippen molar-refractivity contribution in [2.45, 2.75) is 13.8 Å². The number of aryl methyl sites for hydroxylation is 2. The van der Waals surface area contributed by atoms with Crippen molar-refractivity contribution in [1.29, 1.82) is 0 Å². The smallest absolute Gasteiger partial charge is 0.150 e. The van der Waals surface area contributed by atoms with Crippen LogP contribution in [-0.2, 0) is 0 Å². The van der Waals surface area contributed by atoms with E-state index in [-0.39, 0.29) is 0 Å². The van der Waals surface area contributed by atoms with Crippen molar-refractivity contribution in [3.8, 4) is 11.4 Å². The number of anilines is 2. The van der Waals surface area contributed by atoms with Crippen molar-refractivity contribution in [2.24, 2.45) is 0 Å². The number of para-hydroxylation sites is 1. The Balaban J connectivity index is 2.24. The Morgan fingerprint density at radius 1 is 0.957 bits per heavy atom. The molecule has 2 heterocycles. The zero-order valence-corrected chi connectivity index (χ0v) is 13.0. The summed E-state index contributed by atoms with van der Waals surface area (Å²) in [6.07, 6.45) is 1.76. The van der Waals surface area contributed by atoms with E-state index >= 15 is 0 Å². The monoisotopic (exact) mass is 303 g/mol. The molecule has 4 aromatic rings. The maximum absolute atomic E-state index is 6.23. The SMILES string of the molecule is Cc1cccc(C)c1-c1ncc2c(N)nc3cccc(N)c3n12. The van der Waals surface area contributed by atoms with Crippen LogP contribution < -0.4 is 11.5 Å². The van der Waals surface area contributed by atoms with Crippen LogP contribution in [0.5, 0.6) is 0 Å². The minimum atomic E-state index is 0.452. The van der Waals surface area contributed by atoms with Gasteiger partial charge in [0.25, 0.3) is 0 Å². The summed E-state index contributed by atoms with van der Waals surface area (Å²) in [6.45, 7) is 4.17. The van der Waals surface area contributed by atoms with Crippen LogP contribution in [0.4, 0.5) is 11.5 Å². The Morgan fingerprint density at radius 2 is 1.65 bits per heavy atom. The Hall–Kier alpha value is -3.08. The highest BCUT2D eigenvalue weighted by molar-refractivity contribution is 5.93. The molecule has 0 amide bonds. The van der Waals surface area contributed by atoms with Crippen LogP contribution in [0.1, 0.15) is 11.1 Å². The third kappa shape index (κ3) is 1.86. The number of nitrogen functional groups attached to an aromatic ring is 2. The summed E-state index contributed by atoms with van der Waals surface area (Å²) < 4.78 is 2.02. The number of fused-ring (bicyclic) bond motifs is 3. The highest BCUT2D eigenvalue weighted by atomic mass is 15.1. The van der Waals surface area contributed by atoms with Gasteiger partial charge in [-0.15, -0.1) is 0 Å². The Morgan fingerprint density at radius 3 is 2.39 bits per heavy atom. The van der Waals surface area contributed by atoms with Crippen LogP contribution in [0.2, 0.25) is 0 Å². The van der Waals surface area contributed by atoms with Crippen molar-refractivity contribution in [1.82, 2.24) is 14.4 Å². The van der Waals surface area contributed by atoms with E-state index in [4.69, 9.17) is 11.5 Å². The molecule has 4 N–H and O–H groups in total. The maximum atomic E-state index is 6.23. The summed E-state index contributed by atoms with van der Waals surface area (Å²) in [5.41, 5.74) is 18.8. The molecule has 0 aliphatic heterocycles. The second-order valence-corrected chi connectivity index (χ2v) is 5.78. The van der Waals surface area contributed by atoms with E-state index in [9.17, 15) is 0 Å². The van der Waals surface area contributed by atoms with Gasteiger partial charge in [-0.2, -0.15) is 0 Å². The van der Waals surface area contributed by atoms with E-state index in [0.717, 1.165) is 39.1 Å². The van der Waals surface area contributed by atoms with Gasteiger partial charge in [-0.3, -0.25) is 4.40 Å². The molecule has 0 saturated carbocycles. The van der Waals surface area contributed by atoms with Crippen LogP contribution in [0.3, 0.4) is 0 Å². The summed E-state index contributed by atoms with van der Waals surface area (Å²) in [5, 5.41) is 0. The molecule has 114 valence electrons. The van der Waals surface area contributed by atoms with E-state index in [2.05, 4.69) is 35.9 Å². The summed E-state index contributed by atoms with van der Waals surface area (Å²) in [4.78, 5) is 9.08. The lowest BCUT2D eigenvalue weighted by Crippen LogP contribution is -2.03. The first-order valence-electron chi connectivity index (χ1n) is 7.45. The average molecular weight is 303 g/mol. The second kappa shape index (κ2) is 4.71. The first kappa shape index (κ1) is 13.6. The van der Waals surface area contributed by atoms with Gasteiger partial charge in [0.1, 0.15) is 17.2 Å². The molecule has 5 nitrogen and oxygen atoms in total. The molecular weight excluding hydrogens is 286 g/mol. The molecule has 0 fully saturated rings. The highest BCUT2D eigenvalue weighted by Crippen LogP contribution is 2.32. The normalized spacial score (nSPS) is 11.4. The minimum Gasteiger partial charge on any atom is -0.397 e. The fraction of sp³-hybridized carbons (Fsp3) is 0.111. The molecule has 4 rings (SSSR count). The van der Waals surface area contributed by atoms with Crippen LogP contribution in [0, 0.1) is 13.8 Å². The molecule has 0 radical (unpaired) electrons. The van der Waals surface area contributed by atoms with Gasteiger partial charge in [0, 0.05) is 5.56 Å². The predicted octanol–water partition coefficient (Wildman–Crippen LogP) is 3.33. The molecule has 0 spiro atoms. The summed E-state index contributed by atoms with van der Waals surface area (Å²) in [5.74, 6) is 1.29. The van der Waals surface area contributed by atoms with Gasteiger partial charge < -0.3 is 11.5 Å². The van der Waals surface area contributed by atoms with Crippen molar-refractivity contribution in [3.63, 3.8) is 0 Å². The lowest BCUT2D eigenvalue weighted by molar-refractivity contribution is 1.18. The summed E-state index contributed by atoms with van der Waals surface area (Å²) in [7, 11) is 0. The largest absolute Gasteiger partial charge is 0.397 e. The molecule has 2 aromatic heterocycles. The van der Waals surface area contributed by atoms with Crippen molar-refractivity contribution in [2.75, 3.05) is 11.5 Å². The molecule has 0 saturated heterocycles. The predicted molar refractivity (Wildman–Crippen MR) is 94.2 cm³/mol. The average Bonchev–Trinajstić information content (AvgIpc) is 2.92. The number of hydrogen-bond donors (Lipinski definition) is 2. The van der Waals surface area contributed by atoms with Gasteiger partial charge >= 0.3 is 0 Å². The number of nitrogens with two attached hydrogens (primary N) is 2. The number of nitrogens with zero attached hydrogens (tertiary/aromatic N) is 3. The summed E-state index contributed by atoms with van der Waals surface area (Å²) >= 11 is 0. The highest BCUT2D eigenvalue weighted by Gasteiger charge is 2.17. The Labute approximate surface area is 133 Å². The van der Waals surface area contributed by atoms with E-state index in [1.807, 2.05) is 28.7 Å². The lowest BCUT2D eigenvalue weighted by atomic mass is 10.0. The molecule has 23 heavy (non-hydrogen) atoms. The van der Waals surface area contributed by atoms with E-state index in [0.29, 0.717) is 11.5 Å². The van der Waals surface area contributed by atoms with Gasteiger partial charge in [-0.1, -0.05) is 24.3 Å². The third-order valence-electron chi connectivity index (χ3n) is 4.24. The van der Waals surface area contributed by atoms with Gasteiger partial charge in [0.15, 0.2) is 0 Å². The number of imidazole rings is 1. The molecule has 0 aliphatic carbocycles. The third-order valence-corrected chi connectivity index (χ3v) is 4.24. The standard InChI is InChI=1S/C18H17N5/c1-10-5-3-6-11(2)15(10)18-21-9-14-17(20)22-13-8-4-7-12(19)16(13)23(14)18/h3-9H,19H2,1-2H3,(H2,20,22). The Kier molecular flexibility index (Phi) is 2.78. The quantitative estimate of drug-likeness (QED) is 0.528. The van der Waals surface area contributed by atoms with E-state index < -0.39 is 0 Å². The van der Waals surface area contributed by atoms with Crippen molar-refractivity contribution < 1.29 is 0 Å². The fourth-order valence-electron chi connectivity index (χ4n) is 3.17. The zero-order valence-electron chi connectivity index (χ0n) is 13.0. The molecule has 0 atom stereocenters. The topological polar surface area (TPSA) is 82.2 Å². The maximum Gasteiger partial charge on any atom is 0.150 e. The molecule has 0 bridgehead atoms. The van der Waals surface area contributed by atoms with Crippen molar-refractivity contribution >= 4 is 28.1 Å². The van der Waals surface area contributed by atoms with Crippen LogP contribution in [0.25, 0.3) is 27.9 Å². The van der Waals surface area contributed by atoms with Crippen LogP contribution in [0.15, 0.2) is 42.6 Å². The Bertz CT molecular complexity index is 1040. The van der Waals surface area contributed by atoms with Gasteiger partial charge in [0.05, 0.1) is 22.9 Å². The lowest BCUT2D eigenvalue weighted by Gasteiger charge is -2.12. The minimum absolute atomic E-state index is 0.452. The first-order valence-corrected chi connectivity index (χ1v) is 7.45. The summed E-state index contributed by atoms with van der Waals surface area (Å²) in [6, 6.07) is 11.9. The van der Waals surface area contributed by atoms with Gasteiger partial charge in [-0.25, -0.2) is 9.97 Å². The van der Waals surface area contributed by atoms with Gasteiger partial charge in [-0.05, 0) is 37.1 Å². The van der Waals surface area contributed by atoms with E-state index in [1.165, 1.54) is 0 Å². The number of aromatic nitrogens is 3. The number of hydrogen-bond acceptors (Lipinski definition) is 4. The first-order chi connectivity index (χ1) is 11.1. The van der Waals surface area contributed by atoms with Crippen LogP contribution in [-0.4, -0.2) is 14.4 Å². The molecule has 0 unspecified atom stereocenters. The fourth-order valence-corrected chi connectivity index (χ4v) is 3.17. The molecule has 2 aromatic carbocycles. The second-order valence-electron chi connectivity index (χ2n) is 5.78. The van der Waals surface area contributed by atoms with Gasteiger partial charge in [0.2, 0.25) is 0 Å². The molecule has 0 aliphatic rings. The molecule has 5 heteroatoms. The number of rotatable bonds is 1. The van der Waals surface area contributed by atoms with Crippen molar-refractivity contribution in [3.05, 3.63) is 53.7 Å². The van der Waals surface area contributed by atoms with E-state index in [1.54, 1.807) is 6.20 Å². The molecular formula is C18H17N5. The zero-order chi connectivity index (χ0) is 16.1. The number of benzene rings is 2. The van der Waals surface area contributed by atoms with Crippen LogP contribution >= 0.6 is 0 Å².